The average molecular weight is 524 g/mol. The van der Waals surface area contributed by atoms with Gasteiger partial charge in [-0.05, 0) is 30.2 Å². The topological polar surface area (TPSA) is 141 Å². The molecule has 0 spiro atoms. The van der Waals surface area contributed by atoms with E-state index in [-0.39, 0.29) is 58.9 Å². The number of aromatic nitrogens is 2. The third-order valence-electron chi connectivity index (χ3n) is 4.82. The van der Waals surface area contributed by atoms with Gasteiger partial charge in [-0.25, -0.2) is 27.1 Å². The second-order valence-corrected chi connectivity index (χ2v) is 9.99. The molecule has 0 saturated carbocycles. The van der Waals surface area contributed by atoms with E-state index in [1.165, 1.54) is 43.5 Å². The van der Waals surface area contributed by atoms with Crippen LogP contribution in [-0.2, 0) is 14.8 Å². The minimum Gasteiger partial charge on any atom is -1.00 e. The SMILES string of the molecule is CC(C)c1nc(N(C)S(C)(=O)=O)nc(-c2ccc(F)cc2)c1C=CC(O)CC(O)CC(=O)O.[Ca+2].[H-].[H-]. The molecule has 12 heteroatoms. The van der Waals surface area contributed by atoms with Gasteiger partial charge in [-0.3, -0.25) is 4.79 Å². The van der Waals surface area contributed by atoms with Crippen LogP contribution < -0.4 is 4.31 Å². The fourth-order valence-corrected chi connectivity index (χ4v) is 3.42. The van der Waals surface area contributed by atoms with Gasteiger partial charge < -0.3 is 18.2 Å². The second kappa shape index (κ2) is 12.9. The average Bonchev–Trinajstić information content (AvgIpc) is 2.70. The first kappa shape index (κ1) is 30.4. The summed E-state index contributed by atoms with van der Waals surface area (Å²) >= 11 is 0. The Kier molecular flexibility index (Phi) is 11.5. The Balaban J connectivity index is 0. The third kappa shape index (κ3) is 8.54. The Hall–Kier alpha value is -1.63. The van der Waals surface area contributed by atoms with Crippen molar-refractivity contribution in [2.24, 2.45) is 0 Å². The van der Waals surface area contributed by atoms with Crippen molar-refractivity contribution in [3.8, 4) is 11.3 Å². The van der Waals surface area contributed by atoms with Crippen LogP contribution in [0.1, 0.15) is 46.7 Å². The number of halogens is 1. The molecule has 34 heavy (non-hydrogen) atoms. The van der Waals surface area contributed by atoms with Crippen LogP contribution in [0.4, 0.5) is 10.3 Å². The number of aliphatic hydroxyl groups is 2. The van der Waals surface area contributed by atoms with Crippen molar-refractivity contribution >= 4 is 65.8 Å². The van der Waals surface area contributed by atoms with Crippen LogP contribution in [-0.4, -0.2) is 103 Å². The van der Waals surface area contributed by atoms with Gasteiger partial charge in [0.15, 0.2) is 0 Å². The number of carboxylic acids is 1. The molecule has 0 amide bonds. The maximum Gasteiger partial charge on any atom is 2.00 e. The number of benzene rings is 1. The van der Waals surface area contributed by atoms with Crippen LogP contribution >= 0.6 is 0 Å². The van der Waals surface area contributed by atoms with E-state index in [0.717, 1.165) is 10.6 Å². The number of nitrogens with zero attached hydrogens (tertiary/aromatic N) is 3. The van der Waals surface area contributed by atoms with Gasteiger partial charge >= 0.3 is 43.7 Å². The summed E-state index contributed by atoms with van der Waals surface area (Å²) in [5.41, 5.74) is 1.80. The van der Waals surface area contributed by atoms with Gasteiger partial charge in [0, 0.05) is 24.6 Å². The zero-order valence-corrected chi connectivity index (χ0v) is 22.5. The number of carboxylic acid groups (broad SMARTS) is 1. The Labute approximate surface area is 231 Å². The van der Waals surface area contributed by atoms with E-state index >= 15 is 0 Å². The summed E-state index contributed by atoms with van der Waals surface area (Å²) < 4.78 is 38.6. The molecule has 0 radical (unpaired) electrons. The molecule has 1 aromatic carbocycles. The Morgan fingerprint density at radius 3 is 2.29 bits per heavy atom. The van der Waals surface area contributed by atoms with Crippen molar-refractivity contribution < 1.29 is 35.8 Å². The summed E-state index contributed by atoms with van der Waals surface area (Å²) in [6.07, 6.45) is 0.860. The smallest absolute Gasteiger partial charge is 1.00 e. The van der Waals surface area contributed by atoms with E-state index in [9.17, 15) is 27.8 Å². The molecule has 2 rings (SSSR count). The molecule has 0 aliphatic rings. The maximum absolute atomic E-state index is 13.5. The van der Waals surface area contributed by atoms with Crippen molar-refractivity contribution in [2.75, 3.05) is 17.6 Å². The van der Waals surface area contributed by atoms with E-state index < -0.39 is 40.4 Å². The molecular formula is C22H30CaFN3O6S. The van der Waals surface area contributed by atoms with E-state index in [4.69, 9.17) is 5.11 Å². The molecule has 184 valence electrons. The monoisotopic (exact) mass is 523 g/mol. The fraction of sp³-hybridized carbons (Fsp3) is 0.409. The van der Waals surface area contributed by atoms with Crippen molar-refractivity contribution in [3.63, 3.8) is 0 Å². The molecule has 0 saturated heterocycles. The molecule has 9 nitrogen and oxygen atoms in total. The first-order valence-corrected chi connectivity index (χ1v) is 12.0. The van der Waals surface area contributed by atoms with Gasteiger partial charge in [0.25, 0.3) is 0 Å². The molecule has 2 aromatic rings. The van der Waals surface area contributed by atoms with Crippen molar-refractivity contribution in [3.05, 3.63) is 47.4 Å². The summed E-state index contributed by atoms with van der Waals surface area (Å²) in [5, 5.41) is 28.8. The number of hydrogen-bond donors (Lipinski definition) is 3. The molecule has 1 aromatic heterocycles. The number of aliphatic hydroxyl groups excluding tert-OH is 2. The zero-order chi connectivity index (χ0) is 24.9. The molecule has 0 bridgehead atoms. The van der Waals surface area contributed by atoms with Gasteiger partial charge in [0.2, 0.25) is 16.0 Å². The van der Waals surface area contributed by atoms with Gasteiger partial charge in [-0.15, -0.1) is 0 Å². The van der Waals surface area contributed by atoms with E-state index in [2.05, 4.69) is 9.97 Å². The molecule has 3 N–H and O–H groups in total. The van der Waals surface area contributed by atoms with E-state index in [1.54, 1.807) is 0 Å². The first-order chi connectivity index (χ1) is 15.3. The molecule has 0 aliphatic heterocycles. The van der Waals surface area contributed by atoms with E-state index in [1.807, 2.05) is 13.8 Å². The van der Waals surface area contributed by atoms with Crippen LogP contribution in [0.5, 0.6) is 0 Å². The fourth-order valence-electron chi connectivity index (χ4n) is 3.05. The minimum absolute atomic E-state index is 0. The second-order valence-electron chi connectivity index (χ2n) is 7.98. The Bertz CT molecular complexity index is 1140. The summed E-state index contributed by atoms with van der Waals surface area (Å²) in [4.78, 5) is 19.6. The molecule has 2 unspecified atom stereocenters. The van der Waals surface area contributed by atoms with Gasteiger partial charge in [-0.1, -0.05) is 26.0 Å². The van der Waals surface area contributed by atoms with E-state index in [0.29, 0.717) is 22.5 Å². The van der Waals surface area contributed by atoms with Crippen LogP contribution in [0.3, 0.4) is 0 Å². The molecule has 0 fully saturated rings. The van der Waals surface area contributed by atoms with Crippen molar-refractivity contribution in [1.29, 1.82) is 0 Å². The normalized spacial score (nSPS) is 13.5. The molecule has 1 heterocycles. The largest absolute Gasteiger partial charge is 2.00 e. The zero-order valence-electron chi connectivity index (χ0n) is 21.5. The number of anilines is 1. The predicted molar refractivity (Wildman–Crippen MR) is 131 cm³/mol. The molecule has 2 atom stereocenters. The van der Waals surface area contributed by atoms with Crippen LogP contribution in [0.15, 0.2) is 30.3 Å². The Morgan fingerprint density at radius 1 is 1.21 bits per heavy atom. The standard InChI is InChI=1S/C22H28FN3O6S.Ca.2H/c1-13(2)20-18(10-9-16(27)11-17(28)12-19(29)30)21(14-5-7-15(23)8-6-14)25-22(24-20)26(3)33(4,31)32;;;/h5-10,13,16-17,27-28H,11-12H2,1-4H3,(H,29,30);;;/q;+2;2*-1. The van der Waals surface area contributed by atoms with Crippen LogP contribution in [0.2, 0.25) is 0 Å². The van der Waals surface area contributed by atoms with Crippen molar-refractivity contribution in [2.45, 2.75) is 44.8 Å². The van der Waals surface area contributed by atoms with Gasteiger partial charge in [0.1, 0.15) is 5.82 Å². The number of aliphatic carboxylic acids is 1. The molecule has 0 aliphatic carbocycles. The predicted octanol–water partition coefficient (Wildman–Crippen LogP) is 2.25. The van der Waals surface area contributed by atoms with Gasteiger partial charge in [-0.2, -0.15) is 0 Å². The van der Waals surface area contributed by atoms with Crippen molar-refractivity contribution in [1.82, 2.24) is 9.97 Å². The summed E-state index contributed by atoms with van der Waals surface area (Å²) in [6.45, 7) is 3.71. The number of sulfonamides is 1. The maximum atomic E-state index is 13.5. The minimum atomic E-state index is -3.65. The quantitative estimate of drug-likeness (QED) is 0.403. The summed E-state index contributed by atoms with van der Waals surface area (Å²) in [7, 11) is -2.33. The number of hydrogen-bond acceptors (Lipinski definition) is 7. The summed E-state index contributed by atoms with van der Waals surface area (Å²) in [6, 6.07) is 5.49. The number of carbonyl (C=O) groups is 1. The van der Waals surface area contributed by atoms with Crippen LogP contribution in [0, 0.1) is 5.82 Å². The number of rotatable bonds is 10. The van der Waals surface area contributed by atoms with Gasteiger partial charge in [0.05, 0.1) is 36.3 Å². The Morgan fingerprint density at radius 2 is 1.79 bits per heavy atom. The first-order valence-electron chi connectivity index (χ1n) is 10.2. The third-order valence-corrected chi connectivity index (χ3v) is 5.97. The van der Waals surface area contributed by atoms with Crippen LogP contribution in [0.25, 0.3) is 17.3 Å². The summed E-state index contributed by atoms with van der Waals surface area (Å²) in [5.74, 6) is -1.87. The molecular weight excluding hydrogens is 493 g/mol.